The number of nitrogens with zero attached hydrogens (tertiary/aromatic N) is 2. The van der Waals surface area contributed by atoms with Crippen LogP contribution in [0, 0.1) is 11.3 Å². The molecule has 0 radical (unpaired) electrons. The van der Waals surface area contributed by atoms with Gasteiger partial charge in [-0.05, 0) is 66.1 Å². The van der Waals surface area contributed by atoms with Crippen LogP contribution >= 0.6 is 0 Å². The second-order valence-electron chi connectivity index (χ2n) is 7.36. The first-order chi connectivity index (χ1) is 15.3. The van der Waals surface area contributed by atoms with Crippen LogP contribution in [0.5, 0.6) is 11.5 Å². The van der Waals surface area contributed by atoms with Gasteiger partial charge in [0.15, 0.2) is 0 Å². The average Bonchev–Trinajstić information content (AvgIpc) is 3.22. The fourth-order valence-corrected chi connectivity index (χ4v) is 3.90. The number of benzene rings is 3. The Kier molecular flexibility index (Phi) is 5.78. The number of hydrogen-bond acceptors (Lipinski definition) is 5. The number of halogens is 3. The summed E-state index contributed by atoms with van der Waals surface area (Å²) in [5, 5.41) is 28.4. The number of rotatable bonds is 5. The van der Waals surface area contributed by atoms with Crippen molar-refractivity contribution in [3.8, 4) is 17.6 Å². The Balaban J connectivity index is 1.54. The summed E-state index contributed by atoms with van der Waals surface area (Å²) in [4.78, 5) is 2.08. The lowest BCUT2D eigenvalue weighted by atomic mass is 10.0. The summed E-state index contributed by atoms with van der Waals surface area (Å²) < 4.78 is 44.5. The molecule has 0 saturated heterocycles. The van der Waals surface area contributed by atoms with Crippen molar-refractivity contribution >= 4 is 11.4 Å². The minimum atomic E-state index is -4.61. The number of fused-ring (bicyclic) bond motifs is 1. The fourth-order valence-electron chi connectivity index (χ4n) is 3.90. The van der Waals surface area contributed by atoms with Gasteiger partial charge in [0.05, 0.1) is 23.8 Å². The molecular weight excluding hydrogens is 421 g/mol. The molecule has 0 bridgehead atoms. The molecule has 8 heteroatoms. The molecule has 0 unspecified atom stereocenters. The van der Waals surface area contributed by atoms with Gasteiger partial charge in [-0.25, -0.2) is 0 Å². The second kappa shape index (κ2) is 8.54. The fraction of sp³-hybridized carbons (Fsp3) is 0.208. The largest absolute Gasteiger partial charge is 0.457 e. The van der Waals surface area contributed by atoms with Crippen molar-refractivity contribution in [1.29, 1.82) is 5.26 Å². The summed E-state index contributed by atoms with van der Waals surface area (Å²) in [6, 6.07) is 17.3. The van der Waals surface area contributed by atoms with Crippen LogP contribution in [0.2, 0.25) is 0 Å². The SMILES string of the molecule is N#Cc1cc(Oc2ccc(N3CCc4c([C@H](O)CO)cccc43)cc2)ccc1C(F)(F)F. The van der Waals surface area contributed by atoms with Gasteiger partial charge in [0, 0.05) is 17.9 Å². The maximum atomic E-state index is 13.0. The van der Waals surface area contributed by atoms with E-state index in [0.29, 0.717) is 17.9 Å². The van der Waals surface area contributed by atoms with E-state index in [4.69, 9.17) is 10.00 Å². The van der Waals surface area contributed by atoms with Gasteiger partial charge in [0.1, 0.15) is 17.6 Å². The van der Waals surface area contributed by atoms with Gasteiger partial charge in [-0.1, -0.05) is 12.1 Å². The molecule has 0 fully saturated rings. The van der Waals surface area contributed by atoms with E-state index < -0.39 is 23.4 Å². The van der Waals surface area contributed by atoms with Crippen LogP contribution in [0.25, 0.3) is 0 Å². The van der Waals surface area contributed by atoms with E-state index in [-0.39, 0.29) is 12.4 Å². The van der Waals surface area contributed by atoms with E-state index in [2.05, 4.69) is 4.90 Å². The first-order valence-electron chi connectivity index (χ1n) is 9.89. The maximum Gasteiger partial charge on any atom is 0.417 e. The maximum absolute atomic E-state index is 13.0. The predicted molar refractivity (Wildman–Crippen MR) is 112 cm³/mol. The van der Waals surface area contributed by atoms with Crippen molar-refractivity contribution < 1.29 is 28.1 Å². The van der Waals surface area contributed by atoms with Gasteiger partial charge in [-0.15, -0.1) is 0 Å². The van der Waals surface area contributed by atoms with E-state index in [9.17, 15) is 23.4 Å². The van der Waals surface area contributed by atoms with Gasteiger partial charge in [0.2, 0.25) is 0 Å². The molecule has 3 aromatic rings. The van der Waals surface area contributed by atoms with Gasteiger partial charge < -0.3 is 19.8 Å². The van der Waals surface area contributed by atoms with E-state index >= 15 is 0 Å². The number of aliphatic hydroxyl groups is 2. The first kappa shape index (κ1) is 21.7. The van der Waals surface area contributed by atoms with Crippen LogP contribution in [-0.4, -0.2) is 23.4 Å². The Hall–Kier alpha value is -3.54. The summed E-state index contributed by atoms with van der Waals surface area (Å²) in [5.74, 6) is 0.553. The van der Waals surface area contributed by atoms with Crippen molar-refractivity contribution in [1.82, 2.24) is 0 Å². The van der Waals surface area contributed by atoms with Gasteiger partial charge in [-0.3, -0.25) is 0 Å². The Morgan fingerprint density at radius 1 is 1.06 bits per heavy atom. The topological polar surface area (TPSA) is 76.7 Å². The molecule has 0 aliphatic carbocycles. The van der Waals surface area contributed by atoms with Crippen molar-refractivity contribution in [3.05, 3.63) is 82.9 Å². The van der Waals surface area contributed by atoms with Crippen LogP contribution < -0.4 is 9.64 Å². The minimum absolute atomic E-state index is 0.136. The monoisotopic (exact) mass is 440 g/mol. The van der Waals surface area contributed by atoms with E-state index in [0.717, 1.165) is 35.5 Å². The lowest BCUT2D eigenvalue weighted by molar-refractivity contribution is -0.137. The highest BCUT2D eigenvalue weighted by molar-refractivity contribution is 5.71. The summed E-state index contributed by atoms with van der Waals surface area (Å²) in [7, 11) is 0. The molecule has 0 aromatic heterocycles. The molecule has 1 aliphatic rings. The van der Waals surface area contributed by atoms with Crippen LogP contribution in [0.3, 0.4) is 0 Å². The third-order valence-corrected chi connectivity index (χ3v) is 5.40. The molecule has 0 amide bonds. The molecule has 1 atom stereocenters. The van der Waals surface area contributed by atoms with E-state index in [1.165, 1.54) is 6.07 Å². The highest BCUT2D eigenvalue weighted by atomic mass is 19.4. The number of anilines is 2. The number of aliphatic hydroxyl groups excluding tert-OH is 2. The highest BCUT2D eigenvalue weighted by Crippen LogP contribution is 2.39. The highest BCUT2D eigenvalue weighted by Gasteiger charge is 2.33. The summed E-state index contributed by atoms with van der Waals surface area (Å²) >= 11 is 0. The van der Waals surface area contributed by atoms with Crippen molar-refractivity contribution in [3.63, 3.8) is 0 Å². The Labute approximate surface area is 182 Å². The lowest BCUT2D eigenvalue weighted by Crippen LogP contribution is -2.12. The molecule has 1 aliphatic heterocycles. The van der Waals surface area contributed by atoms with Gasteiger partial charge in [0.25, 0.3) is 0 Å². The third-order valence-electron chi connectivity index (χ3n) is 5.40. The molecule has 0 spiro atoms. The standard InChI is InChI=1S/C24H19F3N2O3/c25-24(26,27)21-9-8-18(12-15(21)13-28)32-17-6-4-16(5-7-17)29-11-10-19-20(23(31)14-30)2-1-3-22(19)29/h1-9,12,23,30-31H,10-11,14H2/t23-/m1/s1. The van der Waals surface area contributed by atoms with E-state index in [1.54, 1.807) is 24.3 Å². The summed E-state index contributed by atoms with van der Waals surface area (Å²) in [6.45, 7) is 0.356. The smallest absolute Gasteiger partial charge is 0.417 e. The van der Waals surface area contributed by atoms with Crippen LogP contribution in [0.1, 0.15) is 28.4 Å². The molecule has 0 saturated carbocycles. The molecule has 3 aromatic carbocycles. The molecule has 164 valence electrons. The summed E-state index contributed by atoms with van der Waals surface area (Å²) in [6.07, 6.45) is -4.81. The second-order valence-corrected chi connectivity index (χ2v) is 7.36. The van der Waals surface area contributed by atoms with Crippen molar-refractivity contribution in [2.45, 2.75) is 18.7 Å². The van der Waals surface area contributed by atoms with Crippen LogP contribution in [0.15, 0.2) is 60.7 Å². The average molecular weight is 440 g/mol. The number of ether oxygens (including phenoxy) is 1. The molecular formula is C24H19F3N2O3. The lowest BCUT2D eigenvalue weighted by Gasteiger charge is -2.21. The number of hydrogen-bond donors (Lipinski definition) is 2. The molecule has 4 rings (SSSR count). The number of alkyl halides is 3. The molecule has 1 heterocycles. The Morgan fingerprint density at radius 3 is 2.44 bits per heavy atom. The summed E-state index contributed by atoms with van der Waals surface area (Å²) in [5.41, 5.74) is 2.04. The van der Waals surface area contributed by atoms with Crippen molar-refractivity contribution in [2.75, 3.05) is 18.1 Å². The number of nitriles is 1. The molecule has 32 heavy (non-hydrogen) atoms. The van der Waals surface area contributed by atoms with Crippen LogP contribution in [-0.2, 0) is 12.6 Å². The van der Waals surface area contributed by atoms with Crippen molar-refractivity contribution in [2.24, 2.45) is 0 Å². The Morgan fingerprint density at radius 2 is 1.78 bits per heavy atom. The normalized spacial score (nSPS) is 14.1. The zero-order valence-electron chi connectivity index (χ0n) is 16.8. The molecule has 5 nitrogen and oxygen atoms in total. The Bertz CT molecular complexity index is 1170. The third kappa shape index (κ3) is 4.13. The predicted octanol–water partition coefficient (Wildman–Crippen LogP) is 5.09. The minimum Gasteiger partial charge on any atom is -0.457 e. The first-order valence-corrected chi connectivity index (χ1v) is 9.89. The van der Waals surface area contributed by atoms with Crippen LogP contribution in [0.4, 0.5) is 24.5 Å². The zero-order chi connectivity index (χ0) is 22.9. The van der Waals surface area contributed by atoms with Gasteiger partial charge in [-0.2, -0.15) is 18.4 Å². The van der Waals surface area contributed by atoms with E-state index in [1.807, 2.05) is 24.3 Å². The molecule has 2 N–H and O–H groups in total. The quantitative estimate of drug-likeness (QED) is 0.578. The van der Waals surface area contributed by atoms with Gasteiger partial charge >= 0.3 is 6.18 Å². The zero-order valence-corrected chi connectivity index (χ0v) is 16.8.